The Balaban J connectivity index is 2.35. The fourth-order valence-electron chi connectivity index (χ4n) is 2.14. The highest BCUT2D eigenvalue weighted by Crippen LogP contribution is 2.04. The van der Waals surface area contributed by atoms with Gasteiger partial charge in [0.1, 0.15) is 0 Å². The van der Waals surface area contributed by atoms with Crippen molar-refractivity contribution in [3.05, 3.63) is 24.3 Å². The van der Waals surface area contributed by atoms with Crippen molar-refractivity contribution in [3.63, 3.8) is 0 Å². The summed E-state index contributed by atoms with van der Waals surface area (Å²) in [6, 6.07) is 0. The van der Waals surface area contributed by atoms with Crippen molar-refractivity contribution in [2.24, 2.45) is 0 Å². The molecule has 0 aromatic rings. The van der Waals surface area contributed by atoms with Crippen LogP contribution in [0.15, 0.2) is 24.3 Å². The predicted molar refractivity (Wildman–Crippen MR) is 84.9 cm³/mol. The Morgan fingerprint density at radius 2 is 1.71 bits per heavy atom. The molecule has 2 amide bonds. The molecule has 0 atom stereocenters. The second-order valence-corrected chi connectivity index (χ2v) is 6.28. The smallest absolute Gasteiger partial charge is 0.246 e. The van der Waals surface area contributed by atoms with Gasteiger partial charge >= 0.3 is 0 Å². The lowest BCUT2D eigenvalue weighted by Gasteiger charge is -2.34. The number of carbonyl (C=O) groups is 2. The van der Waals surface area contributed by atoms with Gasteiger partial charge in [0.15, 0.2) is 0 Å². The molecule has 5 heteroatoms. The van der Waals surface area contributed by atoms with Crippen molar-refractivity contribution in [1.29, 1.82) is 0 Å². The zero-order valence-electron chi connectivity index (χ0n) is 13.6. The summed E-state index contributed by atoms with van der Waals surface area (Å²) in [4.78, 5) is 27.7. The van der Waals surface area contributed by atoms with Crippen LogP contribution >= 0.6 is 0 Å². The van der Waals surface area contributed by atoms with Crippen LogP contribution in [0.3, 0.4) is 0 Å². The van der Waals surface area contributed by atoms with Crippen LogP contribution in [0.2, 0.25) is 0 Å². The molecule has 118 valence electrons. The van der Waals surface area contributed by atoms with Crippen LogP contribution in [0.1, 0.15) is 27.7 Å². The molecule has 1 aliphatic heterocycles. The Hall–Kier alpha value is -1.62. The molecular weight excluding hydrogens is 266 g/mol. The van der Waals surface area contributed by atoms with Crippen LogP contribution in [0, 0.1) is 0 Å². The summed E-state index contributed by atoms with van der Waals surface area (Å²) >= 11 is 0. The van der Waals surface area contributed by atoms with Crippen LogP contribution in [-0.4, -0.2) is 59.9 Å². The lowest BCUT2D eigenvalue weighted by molar-refractivity contribution is -0.128. The van der Waals surface area contributed by atoms with Gasteiger partial charge in [0.2, 0.25) is 11.8 Å². The lowest BCUT2D eigenvalue weighted by atomic mass is 10.1. The summed E-state index contributed by atoms with van der Waals surface area (Å²) in [5, 5.41) is 2.95. The van der Waals surface area contributed by atoms with E-state index in [1.165, 1.54) is 0 Å². The molecule has 0 aliphatic carbocycles. The molecule has 1 saturated heterocycles. The minimum absolute atomic E-state index is 0.0342. The fourth-order valence-corrected chi connectivity index (χ4v) is 2.14. The number of allylic oxidation sites excluding steroid dienone is 3. The van der Waals surface area contributed by atoms with E-state index in [-0.39, 0.29) is 17.4 Å². The molecule has 1 rings (SSSR count). The monoisotopic (exact) mass is 293 g/mol. The van der Waals surface area contributed by atoms with E-state index >= 15 is 0 Å². The Labute approximate surface area is 127 Å². The topological polar surface area (TPSA) is 52.7 Å². The molecule has 1 fully saturated rings. The van der Waals surface area contributed by atoms with Gasteiger partial charge in [0, 0.05) is 37.8 Å². The van der Waals surface area contributed by atoms with E-state index in [4.69, 9.17) is 0 Å². The molecule has 1 N–H and O–H groups in total. The summed E-state index contributed by atoms with van der Waals surface area (Å²) in [6.07, 6.45) is 7.06. The number of rotatable bonds is 4. The highest BCUT2D eigenvalue weighted by Gasteiger charge is 2.22. The maximum absolute atomic E-state index is 11.9. The number of hydrogen-bond acceptors (Lipinski definition) is 3. The number of nitrogens with one attached hydrogen (secondary N) is 1. The maximum Gasteiger partial charge on any atom is 0.246 e. The Morgan fingerprint density at radius 1 is 1.10 bits per heavy atom. The van der Waals surface area contributed by atoms with E-state index in [2.05, 4.69) is 10.2 Å². The molecule has 21 heavy (non-hydrogen) atoms. The standard InChI is InChI=1S/C16H27N3O2/c1-5-6-7-8-15(21)19-11-9-18(10-12-19)13-14(20)17-16(2,3)4/h5-8H,9-13H2,1-4H3,(H,17,20)/b6-5+,8-7+. The van der Waals surface area contributed by atoms with E-state index < -0.39 is 0 Å². The molecule has 0 saturated carbocycles. The van der Waals surface area contributed by atoms with Gasteiger partial charge < -0.3 is 10.2 Å². The molecule has 1 heterocycles. The van der Waals surface area contributed by atoms with Gasteiger partial charge in [-0.3, -0.25) is 14.5 Å². The summed E-state index contributed by atoms with van der Waals surface area (Å²) < 4.78 is 0. The van der Waals surface area contributed by atoms with Gasteiger partial charge in [-0.25, -0.2) is 0 Å². The molecule has 5 nitrogen and oxygen atoms in total. The van der Waals surface area contributed by atoms with Crippen molar-refractivity contribution in [2.75, 3.05) is 32.7 Å². The number of carbonyl (C=O) groups excluding carboxylic acids is 2. The molecular formula is C16H27N3O2. The zero-order valence-corrected chi connectivity index (χ0v) is 13.6. The first-order valence-electron chi connectivity index (χ1n) is 7.43. The van der Waals surface area contributed by atoms with Crippen molar-refractivity contribution in [1.82, 2.24) is 15.1 Å². The van der Waals surface area contributed by atoms with Gasteiger partial charge in [-0.05, 0) is 27.7 Å². The van der Waals surface area contributed by atoms with Crippen LogP contribution in [0.5, 0.6) is 0 Å². The summed E-state index contributed by atoms with van der Waals surface area (Å²) in [5.74, 6) is 0.0714. The first-order valence-corrected chi connectivity index (χ1v) is 7.43. The SMILES string of the molecule is C/C=C/C=C/C(=O)N1CCN(CC(=O)NC(C)(C)C)CC1. The molecule has 0 radical (unpaired) electrons. The second kappa shape index (κ2) is 7.98. The highest BCUT2D eigenvalue weighted by molar-refractivity contribution is 5.88. The number of amides is 2. The fraction of sp³-hybridized carbons (Fsp3) is 0.625. The maximum atomic E-state index is 11.9. The third kappa shape index (κ3) is 7.09. The highest BCUT2D eigenvalue weighted by atomic mass is 16.2. The average Bonchev–Trinajstić information content (AvgIpc) is 2.37. The predicted octanol–water partition coefficient (Wildman–Crippen LogP) is 1.18. The third-order valence-electron chi connectivity index (χ3n) is 3.11. The first-order chi connectivity index (χ1) is 9.81. The van der Waals surface area contributed by atoms with E-state index in [0.717, 1.165) is 13.1 Å². The summed E-state index contributed by atoms with van der Waals surface area (Å²) in [6.45, 7) is 11.0. The zero-order chi connectivity index (χ0) is 15.9. The van der Waals surface area contributed by atoms with E-state index in [9.17, 15) is 9.59 Å². The van der Waals surface area contributed by atoms with Gasteiger partial charge in [-0.1, -0.05) is 18.2 Å². The van der Waals surface area contributed by atoms with Crippen molar-refractivity contribution in [3.8, 4) is 0 Å². The second-order valence-electron chi connectivity index (χ2n) is 6.28. The number of nitrogens with zero attached hydrogens (tertiary/aromatic N) is 2. The minimum Gasteiger partial charge on any atom is -0.350 e. The molecule has 0 aromatic heterocycles. The summed E-state index contributed by atoms with van der Waals surface area (Å²) in [5.41, 5.74) is -0.202. The van der Waals surface area contributed by atoms with E-state index in [1.54, 1.807) is 12.2 Å². The van der Waals surface area contributed by atoms with Crippen LogP contribution in [-0.2, 0) is 9.59 Å². The van der Waals surface area contributed by atoms with Gasteiger partial charge in [0.05, 0.1) is 6.54 Å². The largest absolute Gasteiger partial charge is 0.350 e. The Kier molecular flexibility index (Phi) is 6.62. The normalized spacial score (nSPS) is 17.6. The Morgan fingerprint density at radius 3 is 2.24 bits per heavy atom. The van der Waals surface area contributed by atoms with Gasteiger partial charge in [-0.2, -0.15) is 0 Å². The summed E-state index contributed by atoms with van der Waals surface area (Å²) in [7, 11) is 0. The van der Waals surface area contributed by atoms with Crippen molar-refractivity contribution < 1.29 is 9.59 Å². The molecule has 0 spiro atoms. The van der Waals surface area contributed by atoms with E-state index in [1.807, 2.05) is 44.7 Å². The van der Waals surface area contributed by atoms with Crippen LogP contribution in [0.25, 0.3) is 0 Å². The average molecular weight is 293 g/mol. The van der Waals surface area contributed by atoms with E-state index in [0.29, 0.717) is 19.6 Å². The van der Waals surface area contributed by atoms with Crippen molar-refractivity contribution in [2.45, 2.75) is 33.2 Å². The van der Waals surface area contributed by atoms with Crippen molar-refractivity contribution >= 4 is 11.8 Å². The van der Waals surface area contributed by atoms with Crippen LogP contribution in [0.4, 0.5) is 0 Å². The third-order valence-corrected chi connectivity index (χ3v) is 3.11. The lowest BCUT2D eigenvalue weighted by Crippen LogP contribution is -2.52. The van der Waals surface area contributed by atoms with Gasteiger partial charge in [0.25, 0.3) is 0 Å². The minimum atomic E-state index is -0.202. The van der Waals surface area contributed by atoms with Gasteiger partial charge in [-0.15, -0.1) is 0 Å². The molecule has 0 aromatic carbocycles. The molecule has 0 bridgehead atoms. The molecule has 0 unspecified atom stereocenters. The number of piperazine rings is 1. The quantitative estimate of drug-likeness (QED) is 0.625. The first kappa shape index (κ1) is 17.4. The Bertz CT molecular complexity index is 414. The van der Waals surface area contributed by atoms with Crippen LogP contribution < -0.4 is 5.32 Å². The number of hydrogen-bond donors (Lipinski definition) is 1. The molecule has 1 aliphatic rings.